The van der Waals surface area contributed by atoms with Crippen molar-refractivity contribution in [3.05, 3.63) is 49.0 Å². The summed E-state index contributed by atoms with van der Waals surface area (Å²) in [7, 11) is 1.44. The van der Waals surface area contributed by atoms with Crippen LogP contribution in [-0.4, -0.2) is 28.3 Å². The predicted molar refractivity (Wildman–Crippen MR) is 92.2 cm³/mol. The number of nitrogens with one attached hydrogen (secondary N) is 1. The van der Waals surface area contributed by atoms with E-state index in [1.165, 1.54) is 25.5 Å². The number of aromatic nitrogens is 1. The van der Waals surface area contributed by atoms with Crippen molar-refractivity contribution in [2.45, 2.75) is 0 Å². The Balaban J connectivity index is 2.17. The molecule has 8 nitrogen and oxygen atoms in total. The zero-order valence-electron chi connectivity index (χ0n) is 11.7. The van der Waals surface area contributed by atoms with E-state index in [9.17, 15) is 15.2 Å². The Morgan fingerprint density at radius 1 is 1.43 bits per heavy atom. The lowest BCUT2D eigenvalue weighted by Crippen LogP contribution is -1.96. The highest BCUT2D eigenvalue weighted by molar-refractivity contribution is 9.13. The Labute approximate surface area is 147 Å². The zero-order valence-corrected chi connectivity index (χ0v) is 14.8. The minimum absolute atomic E-state index is 0.0264. The molecule has 0 bridgehead atoms. The first kappa shape index (κ1) is 17.2. The van der Waals surface area contributed by atoms with Gasteiger partial charge in [0.2, 0.25) is 0 Å². The molecular weight excluding hydrogens is 436 g/mol. The van der Waals surface area contributed by atoms with Gasteiger partial charge in [0.05, 0.1) is 22.7 Å². The molecule has 10 heteroatoms. The van der Waals surface area contributed by atoms with Crippen LogP contribution in [0.4, 0.5) is 11.5 Å². The number of halogens is 2. The molecule has 0 radical (unpaired) electrons. The molecule has 1 aromatic heterocycles. The number of hydrogen-bond acceptors (Lipinski definition) is 7. The van der Waals surface area contributed by atoms with Crippen LogP contribution >= 0.6 is 31.9 Å². The van der Waals surface area contributed by atoms with Gasteiger partial charge in [0, 0.05) is 16.1 Å². The monoisotopic (exact) mass is 444 g/mol. The maximum absolute atomic E-state index is 10.5. The summed E-state index contributed by atoms with van der Waals surface area (Å²) in [4.78, 5) is 13.9. The van der Waals surface area contributed by atoms with Crippen molar-refractivity contribution in [2.24, 2.45) is 5.10 Å². The standard InChI is InChI=1S/C13H10Br2N4O4/c1-23-9-4-7(11(14)12(15)13(9)20)5-17-18-10-3-2-8(6-16-10)19(21)22/h2-6,20H,1H3,(H,16,18). The van der Waals surface area contributed by atoms with E-state index in [2.05, 4.69) is 47.4 Å². The Hall–Kier alpha value is -2.20. The minimum atomic E-state index is -0.530. The summed E-state index contributed by atoms with van der Waals surface area (Å²) >= 11 is 6.58. The third kappa shape index (κ3) is 3.96. The first-order chi connectivity index (χ1) is 10.9. The van der Waals surface area contributed by atoms with Gasteiger partial charge in [-0.1, -0.05) is 0 Å². The molecule has 0 aliphatic heterocycles. The van der Waals surface area contributed by atoms with Crippen LogP contribution in [0.25, 0.3) is 0 Å². The number of anilines is 1. The van der Waals surface area contributed by atoms with Gasteiger partial charge in [-0.05, 0) is 44.0 Å². The Bertz CT molecular complexity index is 766. The molecule has 1 heterocycles. The maximum Gasteiger partial charge on any atom is 0.287 e. The second-order valence-corrected chi connectivity index (χ2v) is 5.76. The number of phenols is 1. The van der Waals surface area contributed by atoms with E-state index in [0.717, 1.165) is 6.20 Å². The van der Waals surface area contributed by atoms with Gasteiger partial charge in [-0.3, -0.25) is 15.5 Å². The van der Waals surface area contributed by atoms with Gasteiger partial charge in [0.25, 0.3) is 5.69 Å². The van der Waals surface area contributed by atoms with Crippen LogP contribution in [-0.2, 0) is 0 Å². The van der Waals surface area contributed by atoms with E-state index in [0.29, 0.717) is 20.3 Å². The summed E-state index contributed by atoms with van der Waals surface area (Å²) in [5.41, 5.74) is 3.19. The third-order valence-electron chi connectivity index (χ3n) is 2.74. The third-order valence-corrected chi connectivity index (χ3v) is 4.89. The van der Waals surface area contributed by atoms with Gasteiger partial charge in [-0.25, -0.2) is 4.98 Å². The second kappa shape index (κ2) is 7.38. The molecule has 0 saturated heterocycles. The number of benzene rings is 1. The number of phenolic OH excluding ortho intramolecular Hbond substituents is 1. The molecule has 0 amide bonds. The fraction of sp³-hybridized carbons (Fsp3) is 0.0769. The molecule has 0 atom stereocenters. The molecule has 2 N–H and O–H groups in total. The van der Waals surface area contributed by atoms with E-state index in [1.807, 2.05) is 0 Å². The minimum Gasteiger partial charge on any atom is -0.503 e. The number of hydrazone groups is 1. The fourth-order valence-electron chi connectivity index (χ4n) is 1.59. The summed E-state index contributed by atoms with van der Waals surface area (Å²) in [6.07, 6.45) is 2.62. The summed E-state index contributed by atoms with van der Waals surface area (Å²) in [5, 5.41) is 24.4. The number of methoxy groups -OCH3 is 1. The summed E-state index contributed by atoms with van der Waals surface area (Å²) in [6, 6.07) is 4.36. The largest absolute Gasteiger partial charge is 0.503 e. The predicted octanol–water partition coefficient (Wildman–Crippen LogP) is 3.68. The first-order valence-electron chi connectivity index (χ1n) is 6.08. The van der Waals surface area contributed by atoms with Crippen molar-refractivity contribution in [2.75, 3.05) is 12.5 Å². The number of hydrogen-bond donors (Lipinski definition) is 2. The van der Waals surface area contributed by atoms with Crippen molar-refractivity contribution >= 4 is 49.6 Å². The van der Waals surface area contributed by atoms with Gasteiger partial charge < -0.3 is 9.84 Å². The van der Waals surface area contributed by atoms with E-state index >= 15 is 0 Å². The molecule has 0 unspecified atom stereocenters. The normalized spacial score (nSPS) is 10.7. The smallest absolute Gasteiger partial charge is 0.287 e. The highest BCUT2D eigenvalue weighted by Crippen LogP contribution is 2.41. The van der Waals surface area contributed by atoms with Crippen LogP contribution in [0, 0.1) is 10.1 Å². The van der Waals surface area contributed by atoms with E-state index in [-0.39, 0.29) is 17.2 Å². The van der Waals surface area contributed by atoms with Crippen LogP contribution in [0.15, 0.2) is 38.4 Å². The number of aromatic hydroxyl groups is 1. The lowest BCUT2D eigenvalue weighted by Gasteiger charge is -2.09. The lowest BCUT2D eigenvalue weighted by molar-refractivity contribution is -0.385. The Morgan fingerprint density at radius 3 is 2.74 bits per heavy atom. The SMILES string of the molecule is COc1cc(C=NNc2ccc([N+](=O)[O-])cn2)c(Br)c(Br)c1O. The molecule has 0 spiro atoms. The van der Waals surface area contributed by atoms with Crippen LogP contribution in [0.5, 0.6) is 11.5 Å². The second-order valence-electron chi connectivity index (χ2n) is 4.17. The Kier molecular flexibility index (Phi) is 5.50. The van der Waals surface area contributed by atoms with Crippen molar-refractivity contribution in [1.29, 1.82) is 0 Å². The van der Waals surface area contributed by atoms with Crippen molar-refractivity contribution in [3.8, 4) is 11.5 Å². The summed E-state index contributed by atoms with van der Waals surface area (Å²) < 4.78 is 6.09. The van der Waals surface area contributed by atoms with Gasteiger partial charge in [0.1, 0.15) is 12.0 Å². The fourth-order valence-corrected chi connectivity index (χ4v) is 2.42. The molecule has 2 aromatic rings. The molecule has 0 aliphatic rings. The lowest BCUT2D eigenvalue weighted by atomic mass is 10.2. The topological polar surface area (TPSA) is 110 Å². The van der Waals surface area contributed by atoms with Crippen LogP contribution in [0.3, 0.4) is 0 Å². The average Bonchev–Trinajstić information content (AvgIpc) is 2.55. The van der Waals surface area contributed by atoms with Gasteiger partial charge in [0.15, 0.2) is 11.5 Å². The molecular formula is C13H10Br2N4O4. The van der Waals surface area contributed by atoms with Gasteiger partial charge in [-0.15, -0.1) is 0 Å². The number of nitro groups is 1. The number of ether oxygens (including phenoxy) is 1. The quantitative estimate of drug-likeness (QED) is 0.412. The van der Waals surface area contributed by atoms with Crippen molar-refractivity contribution < 1.29 is 14.8 Å². The van der Waals surface area contributed by atoms with Crippen LogP contribution < -0.4 is 10.2 Å². The summed E-state index contributed by atoms with van der Waals surface area (Å²) in [6.45, 7) is 0. The van der Waals surface area contributed by atoms with Crippen LogP contribution in [0.1, 0.15) is 5.56 Å². The van der Waals surface area contributed by atoms with E-state index in [1.54, 1.807) is 6.07 Å². The number of rotatable bonds is 5. The molecule has 23 heavy (non-hydrogen) atoms. The molecule has 120 valence electrons. The van der Waals surface area contributed by atoms with Gasteiger partial charge >= 0.3 is 0 Å². The number of pyridine rings is 1. The van der Waals surface area contributed by atoms with Gasteiger partial charge in [-0.2, -0.15) is 5.10 Å². The average molecular weight is 446 g/mol. The molecule has 2 rings (SSSR count). The van der Waals surface area contributed by atoms with E-state index < -0.39 is 4.92 Å². The van der Waals surface area contributed by atoms with E-state index in [4.69, 9.17) is 4.74 Å². The van der Waals surface area contributed by atoms with Crippen molar-refractivity contribution in [3.63, 3.8) is 0 Å². The summed E-state index contributed by atoms with van der Waals surface area (Å²) in [5.74, 6) is 0.615. The molecule has 0 fully saturated rings. The molecule has 0 aliphatic carbocycles. The number of nitrogens with zero attached hydrogens (tertiary/aromatic N) is 3. The van der Waals surface area contributed by atoms with Crippen LogP contribution in [0.2, 0.25) is 0 Å². The highest BCUT2D eigenvalue weighted by atomic mass is 79.9. The zero-order chi connectivity index (χ0) is 17.0. The van der Waals surface area contributed by atoms with Crippen molar-refractivity contribution in [1.82, 2.24) is 4.98 Å². The first-order valence-corrected chi connectivity index (χ1v) is 7.67. The molecule has 1 aromatic carbocycles. The Morgan fingerprint density at radius 2 is 2.17 bits per heavy atom. The highest BCUT2D eigenvalue weighted by Gasteiger charge is 2.13. The molecule has 0 saturated carbocycles. The maximum atomic E-state index is 10.5.